The molecule has 0 unspecified atom stereocenters. The number of aromatic carboxylic acids is 1. The first-order chi connectivity index (χ1) is 7.83. The number of alkyl halides is 2. The van der Waals surface area contributed by atoms with Crippen LogP contribution in [0, 0.1) is 0 Å². The zero-order valence-corrected chi connectivity index (χ0v) is 9.37. The molecule has 17 heavy (non-hydrogen) atoms. The van der Waals surface area contributed by atoms with Gasteiger partial charge in [-0.1, -0.05) is 0 Å². The third-order valence-electron chi connectivity index (χ3n) is 1.89. The summed E-state index contributed by atoms with van der Waals surface area (Å²) in [5, 5.41) is 8.74. The first-order valence-electron chi connectivity index (χ1n) is 4.75. The Labute approximate surface area is 96.8 Å². The number of rotatable bonds is 5. The molecule has 0 aliphatic heterocycles. The summed E-state index contributed by atoms with van der Waals surface area (Å²) >= 11 is 0. The van der Waals surface area contributed by atoms with E-state index in [1.807, 2.05) is 0 Å². The van der Waals surface area contributed by atoms with E-state index in [4.69, 9.17) is 14.6 Å². The number of carboxylic acids is 1. The lowest BCUT2D eigenvalue weighted by atomic mass is 10.2. The van der Waals surface area contributed by atoms with Crippen LogP contribution >= 0.6 is 0 Å². The summed E-state index contributed by atoms with van der Waals surface area (Å²) in [6.45, 7) is -0.0686. The largest absolute Gasteiger partial charge is 0.493 e. The van der Waals surface area contributed by atoms with Crippen LogP contribution in [0.25, 0.3) is 0 Å². The molecule has 0 aromatic heterocycles. The van der Waals surface area contributed by atoms with Gasteiger partial charge in [0.2, 0.25) is 0 Å². The fourth-order valence-corrected chi connectivity index (χ4v) is 1.12. The van der Waals surface area contributed by atoms with Crippen LogP contribution < -0.4 is 9.47 Å². The summed E-state index contributed by atoms with van der Waals surface area (Å²) < 4.78 is 34.9. The van der Waals surface area contributed by atoms with Gasteiger partial charge >= 0.3 is 5.97 Å². The molecule has 1 aromatic carbocycles. The third kappa shape index (κ3) is 3.90. The van der Waals surface area contributed by atoms with Crippen LogP contribution in [0.3, 0.4) is 0 Å². The van der Waals surface area contributed by atoms with E-state index >= 15 is 0 Å². The van der Waals surface area contributed by atoms with Crippen molar-refractivity contribution in [2.45, 2.75) is 12.8 Å². The molecule has 0 bridgehead atoms. The highest BCUT2D eigenvalue weighted by atomic mass is 19.3. The highest BCUT2D eigenvalue weighted by Crippen LogP contribution is 2.29. The van der Waals surface area contributed by atoms with Gasteiger partial charge in [0.15, 0.2) is 18.1 Å². The molecule has 4 nitrogen and oxygen atoms in total. The molecule has 1 aromatic rings. The van der Waals surface area contributed by atoms with Gasteiger partial charge in [0.05, 0.1) is 12.7 Å². The molecule has 0 radical (unpaired) electrons. The van der Waals surface area contributed by atoms with E-state index in [0.29, 0.717) is 0 Å². The van der Waals surface area contributed by atoms with Gasteiger partial charge in [-0.25, -0.2) is 13.6 Å². The minimum absolute atomic E-state index is 0.00235. The van der Waals surface area contributed by atoms with Crippen LogP contribution in [0.1, 0.15) is 17.3 Å². The summed E-state index contributed by atoms with van der Waals surface area (Å²) in [6.07, 6.45) is 0. The van der Waals surface area contributed by atoms with E-state index in [1.54, 1.807) is 0 Å². The van der Waals surface area contributed by atoms with Crippen LogP contribution in [-0.4, -0.2) is 30.7 Å². The Bertz CT molecular complexity index is 412. The average molecular weight is 246 g/mol. The number of carbonyl (C=O) groups is 1. The van der Waals surface area contributed by atoms with Crippen molar-refractivity contribution in [1.29, 1.82) is 0 Å². The Morgan fingerprint density at radius 3 is 2.53 bits per heavy atom. The normalized spacial score (nSPS) is 11.1. The van der Waals surface area contributed by atoms with E-state index in [2.05, 4.69) is 0 Å². The van der Waals surface area contributed by atoms with Crippen molar-refractivity contribution in [2.75, 3.05) is 13.7 Å². The number of carboxylic acid groups (broad SMARTS) is 1. The molecule has 1 rings (SSSR count). The van der Waals surface area contributed by atoms with Gasteiger partial charge in [0.1, 0.15) is 0 Å². The Hall–Kier alpha value is -1.85. The number of halogens is 2. The van der Waals surface area contributed by atoms with Crippen molar-refractivity contribution in [1.82, 2.24) is 0 Å². The molecule has 0 saturated carbocycles. The molecule has 0 amide bonds. The molecule has 6 heteroatoms. The smallest absolute Gasteiger partial charge is 0.335 e. The zero-order valence-electron chi connectivity index (χ0n) is 9.37. The lowest BCUT2D eigenvalue weighted by molar-refractivity contribution is -0.0235. The number of ether oxygens (including phenoxy) is 2. The van der Waals surface area contributed by atoms with Crippen molar-refractivity contribution in [2.24, 2.45) is 0 Å². The summed E-state index contributed by atoms with van der Waals surface area (Å²) in [5.41, 5.74) is -0.00235. The second-order valence-electron chi connectivity index (χ2n) is 3.53. The van der Waals surface area contributed by atoms with E-state index in [0.717, 1.165) is 6.92 Å². The van der Waals surface area contributed by atoms with Crippen LogP contribution in [0.15, 0.2) is 18.2 Å². The molecule has 0 spiro atoms. The second-order valence-corrected chi connectivity index (χ2v) is 3.53. The molecular weight excluding hydrogens is 234 g/mol. The Balaban J connectivity index is 2.89. The summed E-state index contributed by atoms with van der Waals surface area (Å²) in [6, 6.07) is 3.76. The van der Waals surface area contributed by atoms with Crippen molar-refractivity contribution in [3.63, 3.8) is 0 Å². The first-order valence-corrected chi connectivity index (χ1v) is 4.75. The predicted octanol–water partition coefficient (Wildman–Crippen LogP) is 2.43. The van der Waals surface area contributed by atoms with Crippen molar-refractivity contribution in [3.8, 4) is 11.5 Å². The fourth-order valence-electron chi connectivity index (χ4n) is 1.12. The molecular formula is C11H12F2O4. The molecule has 0 aliphatic carbocycles. The summed E-state index contributed by atoms with van der Waals surface area (Å²) in [4.78, 5) is 10.7. The zero-order chi connectivity index (χ0) is 13.1. The number of hydrogen-bond acceptors (Lipinski definition) is 3. The second kappa shape index (κ2) is 4.99. The number of hydrogen-bond donors (Lipinski definition) is 1. The molecule has 1 N–H and O–H groups in total. The quantitative estimate of drug-likeness (QED) is 0.866. The van der Waals surface area contributed by atoms with Crippen LogP contribution in [0.4, 0.5) is 8.78 Å². The van der Waals surface area contributed by atoms with E-state index < -0.39 is 18.5 Å². The monoisotopic (exact) mass is 246 g/mol. The maximum atomic E-state index is 12.6. The maximum absolute atomic E-state index is 12.6. The Morgan fingerprint density at radius 1 is 1.41 bits per heavy atom. The van der Waals surface area contributed by atoms with Gasteiger partial charge in [-0.3, -0.25) is 0 Å². The average Bonchev–Trinajstić information content (AvgIpc) is 2.24. The standard InChI is InChI=1S/C11H12F2O4/c1-11(12,13)6-17-8-4-3-7(10(14)15)5-9(8)16-2/h3-5H,6H2,1-2H3,(H,14,15). The number of benzene rings is 1. The first kappa shape index (κ1) is 13.2. The molecule has 0 saturated heterocycles. The Morgan fingerprint density at radius 2 is 2.06 bits per heavy atom. The molecule has 0 heterocycles. The molecule has 0 aliphatic rings. The summed E-state index contributed by atoms with van der Waals surface area (Å²) in [7, 11) is 1.30. The van der Waals surface area contributed by atoms with Gasteiger partial charge in [0, 0.05) is 6.92 Å². The van der Waals surface area contributed by atoms with Crippen LogP contribution in [0.5, 0.6) is 11.5 Å². The summed E-state index contributed by atoms with van der Waals surface area (Å²) in [5.74, 6) is -3.90. The van der Waals surface area contributed by atoms with Gasteiger partial charge in [-0.05, 0) is 18.2 Å². The van der Waals surface area contributed by atoms with Gasteiger partial charge in [-0.15, -0.1) is 0 Å². The molecule has 94 valence electrons. The topological polar surface area (TPSA) is 55.8 Å². The lowest BCUT2D eigenvalue weighted by Gasteiger charge is -2.14. The van der Waals surface area contributed by atoms with E-state index in [-0.39, 0.29) is 17.1 Å². The van der Waals surface area contributed by atoms with Crippen molar-refractivity contribution < 1.29 is 28.2 Å². The highest BCUT2D eigenvalue weighted by Gasteiger charge is 2.23. The fraction of sp³-hybridized carbons (Fsp3) is 0.364. The maximum Gasteiger partial charge on any atom is 0.335 e. The van der Waals surface area contributed by atoms with Crippen molar-refractivity contribution >= 4 is 5.97 Å². The highest BCUT2D eigenvalue weighted by molar-refractivity contribution is 5.88. The number of methoxy groups -OCH3 is 1. The van der Waals surface area contributed by atoms with E-state index in [9.17, 15) is 13.6 Å². The SMILES string of the molecule is COc1cc(C(=O)O)ccc1OCC(C)(F)F. The minimum Gasteiger partial charge on any atom is -0.493 e. The molecule has 0 fully saturated rings. The Kier molecular flexibility index (Phi) is 3.88. The van der Waals surface area contributed by atoms with E-state index in [1.165, 1.54) is 25.3 Å². The lowest BCUT2D eigenvalue weighted by Crippen LogP contribution is -2.21. The van der Waals surface area contributed by atoms with Crippen LogP contribution in [-0.2, 0) is 0 Å². The third-order valence-corrected chi connectivity index (χ3v) is 1.89. The van der Waals surface area contributed by atoms with Gasteiger partial charge in [0.25, 0.3) is 5.92 Å². The molecule has 0 atom stereocenters. The van der Waals surface area contributed by atoms with Gasteiger partial charge in [-0.2, -0.15) is 0 Å². The van der Waals surface area contributed by atoms with Crippen LogP contribution in [0.2, 0.25) is 0 Å². The van der Waals surface area contributed by atoms with Gasteiger partial charge < -0.3 is 14.6 Å². The van der Waals surface area contributed by atoms with Crippen molar-refractivity contribution in [3.05, 3.63) is 23.8 Å². The minimum atomic E-state index is -2.96. The predicted molar refractivity (Wildman–Crippen MR) is 56.1 cm³/mol.